The Balaban J connectivity index is 1.73. The standard InChI is InChI=1S/C21H22ClFN2O2/c1-3-25-13-14(9-20(25)26)12-24(2)21(27)17-6-4-5-15(10-17)16-7-8-19(23)18(22)11-16/h4-8,10-11,14H,3,9,12-13H2,1-2H3/t14-/m1/s1. The van der Waals surface area contributed by atoms with Gasteiger partial charge < -0.3 is 9.80 Å². The molecule has 0 aliphatic carbocycles. The molecule has 6 heteroatoms. The molecule has 1 atom stereocenters. The summed E-state index contributed by atoms with van der Waals surface area (Å²) in [4.78, 5) is 28.2. The van der Waals surface area contributed by atoms with Gasteiger partial charge in [-0.25, -0.2) is 4.39 Å². The lowest BCUT2D eigenvalue weighted by atomic mass is 10.0. The van der Waals surface area contributed by atoms with Gasteiger partial charge in [0.1, 0.15) is 5.82 Å². The normalized spacial score (nSPS) is 16.7. The van der Waals surface area contributed by atoms with E-state index in [0.717, 1.165) is 11.1 Å². The third kappa shape index (κ3) is 4.30. The summed E-state index contributed by atoms with van der Waals surface area (Å²) in [5, 5.41) is 0.0488. The van der Waals surface area contributed by atoms with Crippen molar-refractivity contribution in [3.63, 3.8) is 0 Å². The van der Waals surface area contributed by atoms with Gasteiger partial charge in [0.15, 0.2) is 0 Å². The molecule has 0 unspecified atom stereocenters. The molecule has 27 heavy (non-hydrogen) atoms. The van der Waals surface area contributed by atoms with E-state index in [1.807, 2.05) is 17.9 Å². The molecule has 1 heterocycles. The summed E-state index contributed by atoms with van der Waals surface area (Å²) in [6.45, 7) is 3.90. The van der Waals surface area contributed by atoms with Crippen LogP contribution in [0.4, 0.5) is 4.39 Å². The lowest BCUT2D eigenvalue weighted by Gasteiger charge is -2.21. The van der Waals surface area contributed by atoms with E-state index in [0.29, 0.717) is 31.6 Å². The fraction of sp³-hybridized carbons (Fsp3) is 0.333. The molecule has 1 aliphatic rings. The Bertz CT molecular complexity index is 871. The van der Waals surface area contributed by atoms with Crippen LogP contribution in [-0.2, 0) is 4.79 Å². The van der Waals surface area contributed by atoms with Crippen LogP contribution in [0, 0.1) is 11.7 Å². The Morgan fingerprint density at radius 2 is 2.00 bits per heavy atom. The molecule has 1 aliphatic heterocycles. The number of likely N-dealkylation sites (tertiary alicyclic amines) is 1. The number of carbonyl (C=O) groups excluding carboxylic acids is 2. The maximum absolute atomic E-state index is 13.4. The van der Waals surface area contributed by atoms with Crippen molar-refractivity contribution >= 4 is 23.4 Å². The lowest BCUT2D eigenvalue weighted by Crippen LogP contribution is -2.33. The second-order valence-electron chi connectivity index (χ2n) is 6.90. The number of nitrogens with zero attached hydrogens (tertiary/aromatic N) is 2. The van der Waals surface area contributed by atoms with Crippen molar-refractivity contribution in [2.75, 3.05) is 26.7 Å². The second kappa shape index (κ2) is 8.09. The zero-order valence-corrected chi connectivity index (χ0v) is 16.2. The molecule has 0 radical (unpaired) electrons. The average Bonchev–Trinajstić information content (AvgIpc) is 3.02. The third-order valence-corrected chi connectivity index (χ3v) is 5.21. The molecule has 0 spiro atoms. The van der Waals surface area contributed by atoms with Crippen LogP contribution in [0.25, 0.3) is 11.1 Å². The fourth-order valence-corrected chi connectivity index (χ4v) is 3.66. The van der Waals surface area contributed by atoms with Gasteiger partial charge in [0.05, 0.1) is 5.02 Å². The number of hydrogen-bond donors (Lipinski definition) is 0. The molecule has 0 saturated carbocycles. The Kier molecular flexibility index (Phi) is 5.80. The Labute approximate surface area is 163 Å². The van der Waals surface area contributed by atoms with E-state index < -0.39 is 5.82 Å². The number of halogens is 2. The van der Waals surface area contributed by atoms with Crippen molar-refractivity contribution in [2.45, 2.75) is 13.3 Å². The summed E-state index contributed by atoms with van der Waals surface area (Å²) in [6, 6.07) is 11.7. The Morgan fingerprint density at radius 1 is 1.26 bits per heavy atom. The number of amides is 2. The Morgan fingerprint density at radius 3 is 2.67 bits per heavy atom. The molecule has 0 aromatic heterocycles. The molecule has 0 bridgehead atoms. The van der Waals surface area contributed by atoms with Crippen LogP contribution in [0.5, 0.6) is 0 Å². The summed E-state index contributed by atoms with van der Waals surface area (Å²) >= 11 is 5.87. The summed E-state index contributed by atoms with van der Waals surface area (Å²) in [7, 11) is 1.75. The zero-order valence-electron chi connectivity index (χ0n) is 15.4. The van der Waals surface area contributed by atoms with Gasteiger partial charge in [-0.15, -0.1) is 0 Å². The first-order valence-corrected chi connectivity index (χ1v) is 9.35. The first-order chi connectivity index (χ1) is 12.9. The highest BCUT2D eigenvalue weighted by Gasteiger charge is 2.30. The molecule has 4 nitrogen and oxygen atoms in total. The number of carbonyl (C=O) groups is 2. The van der Waals surface area contributed by atoms with Crippen molar-refractivity contribution < 1.29 is 14.0 Å². The molecule has 142 valence electrons. The molecule has 2 aromatic carbocycles. The fourth-order valence-electron chi connectivity index (χ4n) is 3.48. The van der Waals surface area contributed by atoms with Gasteiger partial charge in [0.2, 0.25) is 5.91 Å². The van der Waals surface area contributed by atoms with Gasteiger partial charge >= 0.3 is 0 Å². The quantitative estimate of drug-likeness (QED) is 0.774. The van der Waals surface area contributed by atoms with Crippen molar-refractivity contribution in [3.8, 4) is 11.1 Å². The van der Waals surface area contributed by atoms with Crippen molar-refractivity contribution in [2.24, 2.45) is 5.92 Å². The number of rotatable bonds is 5. The minimum absolute atomic E-state index is 0.0488. The largest absolute Gasteiger partial charge is 0.343 e. The number of hydrogen-bond acceptors (Lipinski definition) is 2. The van der Waals surface area contributed by atoms with E-state index in [9.17, 15) is 14.0 Å². The van der Waals surface area contributed by atoms with Gasteiger partial charge in [0, 0.05) is 44.6 Å². The summed E-state index contributed by atoms with van der Waals surface area (Å²) in [6.07, 6.45) is 0.486. The van der Waals surface area contributed by atoms with Crippen LogP contribution in [0.3, 0.4) is 0 Å². The van der Waals surface area contributed by atoms with Crippen molar-refractivity contribution in [3.05, 3.63) is 58.9 Å². The minimum atomic E-state index is -0.473. The minimum Gasteiger partial charge on any atom is -0.343 e. The first-order valence-electron chi connectivity index (χ1n) is 8.97. The monoisotopic (exact) mass is 388 g/mol. The molecule has 3 rings (SSSR count). The van der Waals surface area contributed by atoms with E-state index in [1.54, 1.807) is 42.3 Å². The van der Waals surface area contributed by atoms with Crippen molar-refractivity contribution in [1.29, 1.82) is 0 Å². The molecule has 1 fully saturated rings. The van der Waals surface area contributed by atoms with Crippen molar-refractivity contribution in [1.82, 2.24) is 9.80 Å². The SMILES string of the molecule is CCN1C[C@@H](CN(C)C(=O)c2cccc(-c3ccc(F)c(Cl)c3)c2)CC1=O. The van der Waals surface area contributed by atoms with Crippen LogP contribution < -0.4 is 0 Å². The van der Waals surface area contributed by atoms with Gasteiger partial charge in [-0.3, -0.25) is 9.59 Å². The predicted molar refractivity (Wildman–Crippen MR) is 104 cm³/mol. The maximum Gasteiger partial charge on any atom is 0.253 e. The molecular weight excluding hydrogens is 367 g/mol. The van der Waals surface area contributed by atoms with Gasteiger partial charge in [-0.2, -0.15) is 0 Å². The van der Waals surface area contributed by atoms with Gasteiger partial charge in [0.25, 0.3) is 5.91 Å². The molecule has 2 aromatic rings. The second-order valence-corrected chi connectivity index (χ2v) is 7.31. The first kappa shape index (κ1) is 19.4. The predicted octanol–water partition coefficient (Wildman–Crippen LogP) is 4.09. The van der Waals surface area contributed by atoms with E-state index in [2.05, 4.69) is 0 Å². The summed E-state index contributed by atoms with van der Waals surface area (Å²) < 4.78 is 13.4. The topological polar surface area (TPSA) is 40.6 Å². The van der Waals surface area contributed by atoms with Gasteiger partial charge in [-0.1, -0.05) is 29.8 Å². The summed E-state index contributed by atoms with van der Waals surface area (Å²) in [5.41, 5.74) is 2.09. The van der Waals surface area contributed by atoms with Crippen LogP contribution in [0.2, 0.25) is 5.02 Å². The summed E-state index contributed by atoms with van der Waals surface area (Å²) in [5.74, 6) is -0.268. The molecule has 0 N–H and O–H groups in total. The van der Waals surface area contributed by atoms with E-state index in [1.165, 1.54) is 6.07 Å². The smallest absolute Gasteiger partial charge is 0.253 e. The van der Waals surface area contributed by atoms with Crippen LogP contribution in [0.1, 0.15) is 23.7 Å². The Hall–Kier alpha value is -2.40. The highest BCUT2D eigenvalue weighted by molar-refractivity contribution is 6.31. The van der Waals surface area contributed by atoms with Crippen LogP contribution in [-0.4, -0.2) is 48.3 Å². The third-order valence-electron chi connectivity index (χ3n) is 4.92. The zero-order chi connectivity index (χ0) is 19.6. The van der Waals surface area contributed by atoms with Crippen LogP contribution in [0.15, 0.2) is 42.5 Å². The van der Waals surface area contributed by atoms with E-state index in [-0.39, 0.29) is 22.8 Å². The highest BCUT2D eigenvalue weighted by Crippen LogP contribution is 2.26. The van der Waals surface area contributed by atoms with E-state index in [4.69, 9.17) is 11.6 Å². The number of benzene rings is 2. The molecule has 2 amide bonds. The highest BCUT2D eigenvalue weighted by atomic mass is 35.5. The van der Waals surface area contributed by atoms with Crippen LogP contribution >= 0.6 is 11.6 Å². The molecule has 1 saturated heterocycles. The van der Waals surface area contributed by atoms with E-state index >= 15 is 0 Å². The van der Waals surface area contributed by atoms with Gasteiger partial charge in [-0.05, 0) is 42.3 Å². The maximum atomic E-state index is 13.4. The lowest BCUT2D eigenvalue weighted by molar-refractivity contribution is -0.127. The molecular formula is C21H22ClFN2O2. The average molecular weight is 389 g/mol.